The molecule has 0 fully saturated rings. The van der Waals surface area contributed by atoms with Gasteiger partial charge in [-0.25, -0.2) is 4.98 Å². The Labute approximate surface area is 242 Å². The van der Waals surface area contributed by atoms with Crippen molar-refractivity contribution >= 4 is 21.9 Å². The summed E-state index contributed by atoms with van der Waals surface area (Å²) < 4.78 is 2.30. The van der Waals surface area contributed by atoms with Crippen LogP contribution in [0, 0.1) is 22.7 Å². The van der Waals surface area contributed by atoms with Crippen LogP contribution in [0.1, 0.15) is 33.4 Å². The molecule has 0 saturated heterocycles. The molecule has 0 unspecified atom stereocenters. The summed E-state index contributed by atoms with van der Waals surface area (Å²) in [5, 5.41) is 22.2. The Hall–Kier alpha value is -5.97. The third-order valence-electron chi connectivity index (χ3n) is 9.08. The van der Waals surface area contributed by atoms with Gasteiger partial charge in [0.15, 0.2) is 0 Å². The van der Waals surface area contributed by atoms with Gasteiger partial charge in [0.05, 0.1) is 39.9 Å². The molecule has 0 N–H and O–H groups in total. The number of benzene rings is 5. The summed E-state index contributed by atoms with van der Waals surface area (Å²) >= 11 is 0. The Morgan fingerprint density at radius 1 is 0.571 bits per heavy atom. The molecule has 4 heteroatoms. The van der Waals surface area contributed by atoms with Gasteiger partial charge in [-0.15, -0.1) is 0 Å². The van der Waals surface area contributed by atoms with Gasteiger partial charge in [0.25, 0.3) is 0 Å². The molecule has 0 radical (unpaired) electrons. The van der Waals surface area contributed by atoms with Gasteiger partial charge in [0.2, 0.25) is 0 Å². The summed E-state index contributed by atoms with van der Waals surface area (Å²) in [6, 6.07) is 44.4. The van der Waals surface area contributed by atoms with Crippen molar-refractivity contribution in [2.45, 2.75) is 5.41 Å². The van der Waals surface area contributed by atoms with E-state index in [4.69, 9.17) is 4.98 Å². The molecule has 0 atom stereocenters. The lowest BCUT2D eigenvalue weighted by Crippen LogP contribution is -2.33. The lowest BCUT2D eigenvalue weighted by atomic mass is 9.65. The van der Waals surface area contributed by atoms with Crippen LogP contribution in [0.25, 0.3) is 49.9 Å². The first-order valence-corrected chi connectivity index (χ1v) is 13.9. The average Bonchev–Trinajstić information content (AvgIpc) is 3.54. The van der Waals surface area contributed by atoms with Crippen molar-refractivity contribution in [2.24, 2.45) is 0 Å². The molecule has 2 aromatic heterocycles. The smallest absolute Gasteiger partial charge is 0.145 e. The second-order valence-corrected chi connectivity index (χ2v) is 11.0. The van der Waals surface area contributed by atoms with Crippen LogP contribution in [0.5, 0.6) is 0 Å². The van der Waals surface area contributed by atoms with Gasteiger partial charge in [-0.05, 0) is 75.3 Å². The van der Waals surface area contributed by atoms with E-state index in [-0.39, 0.29) is 0 Å². The van der Waals surface area contributed by atoms with E-state index in [1.54, 1.807) is 0 Å². The zero-order chi connectivity index (χ0) is 28.0. The average molecular weight is 533 g/mol. The summed E-state index contributed by atoms with van der Waals surface area (Å²) in [6.45, 7) is 0. The van der Waals surface area contributed by atoms with E-state index >= 15 is 0 Å². The number of hydrogen-bond donors (Lipinski definition) is 0. The Bertz CT molecular complexity index is 2320. The minimum absolute atomic E-state index is 0.617. The van der Waals surface area contributed by atoms with E-state index in [1.807, 2.05) is 36.5 Å². The van der Waals surface area contributed by atoms with Gasteiger partial charge < -0.3 is 0 Å². The maximum atomic E-state index is 9.97. The minimum Gasteiger partial charge on any atom is -0.293 e. The number of pyridine rings is 1. The Morgan fingerprint density at radius 2 is 1.24 bits per heavy atom. The van der Waals surface area contributed by atoms with Crippen LogP contribution in [0.15, 0.2) is 121 Å². The fourth-order valence-corrected chi connectivity index (χ4v) is 7.44. The molecular formula is C38H20N4. The highest BCUT2D eigenvalue weighted by molar-refractivity contribution is 6.12. The van der Waals surface area contributed by atoms with E-state index in [1.165, 1.54) is 0 Å². The molecule has 2 aliphatic rings. The number of nitriles is 2. The molecule has 0 amide bonds. The highest BCUT2D eigenvalue weighted by Crippen LogP contribution is 2.61. The van der Waals surface area contributed by atoms with Crippen LogP contribution in [0.2, 0.25) is 0 Å². The summed E-state index contributed by atoms with van der Waals surface area (Å²) in [4.78, 5) is 5.07. The molecule has 9 rings (SSSR count). The molecule has 3 heterocycles. The van der Waals surface area contributed by atoms with Crippen LogP contribution < -0.4 is 0 Å². The normalized spacial score (nSPS) is 13.4. The summed E-state index contributed by atoms with van der Waals surface area (Å²) in [6.07, 6.45) is 1.96. The topological polar surface area (TPSA) is 65.4 Å². The fraction of sp³-hybridized carbons (Fsp3) is 0.0263. The van der Waals surface area contributed by atoms with E-state index in [0.29, 0.717) is 11.1 Å². The number of aromatic nitrogens is 2. The van der Waals surface area contributed by atoms with Gasteiger partial charge in [-0.2, -0.15) is 10.5 Å². The number of fused-ring (bicyclic) bond motifs is 12. The first kappa shape index (κ1) is 22.8. The second kappa shape index (κ2) is 8.04. The van der Waals surface area contributed by atoms with Crippen LogP contribution in [-0.2, 0) is 5.41 Å². The molecule has 0 saturated carbocycles. The first-order chi connectivity index (χ1) is 20.7. The Morgan fingerprint density at radius 3 is 1.95 bits per heavy atom. The molecule has 4 nitrogen and oxygen atoms in total. The zero-order valence-corrected chi connectivity index (χ0v) is 22.3. The lowest BCUT2D eigenvalue weighted by molar-refractivity contribution is 0.747. The molecule has 1 aliphatic carbocycles. The van der Waals surface area contributed by atoms with E-state index in [2.05, 4.69) is 102 Å². The molecule has 192 valence electrons. The van der Waals surface area contributed by atoms with Gasteiger partial charge in [0, 0.05) is 22.5 Å². The largest absolute Gasteiger partial charge is 0.293 e. The SMILES string of the molecule is N#Cc1ccc2c(c1)C1(c3cc(C#N)ccc3-2)c2ccccc2-n2c3ncc(-c4ccccc4)cc3c3cccc1c32. The van der Waals surface area contributed by atoms with Gasteiger partial charge >= 0.3 is 0 Å². The highest BCUT2D eigenvalue weighted by Gasteiger charge is 2.51. The van der Waals surface area contributed by atoms with Gasteiger partial charge in [-0.3, -0.25) is 4.57 Å². The fourth-order valence-electron chi connectivity index (χ4n) is 7.44. The van der Waals surface area contributed by atoms with Crippen LogP contribution in [0.4, 0.5) is 0 Å². The molecule has 1 spiro atoms. The van der Waals surface area contributed by atoms with Gasteiger partial charge in [0.1, 0.15) is 5.65 Å². The van der Waals surface area contributed by atoms with E-state index in [0.717, 1.165) is 72.1 Å². The summed E-state index contributed by atoms with van der Waals surface area (Å²) in [5.41, 5.74) is 12.4. The molecule has 7 aromatic rings. The van der Waals surface area contributed by atoms with Crippen molar-refractivity contribution in [1.29, 1.82) is 10.5 Å². The van der Waals surface area contributed by atoms with E-state index < -0.39 is 5.41 Å². The number of para-hydroxylation sites is 2. The molecular weight excluding hydrogens is 512 g/mol. The minimum atomic E-state index is -0.701. The molecule has 5 aromatic carbocycles. The predicted molar refractivity (Wildman–Crippen MR) is 164 cm³/mol. The quantitative estimate of drug-likeness (QED) is 0.214. The molecule has 0 bridgehead atoms. The standard InChI is InChI=1S/C38H20N4/c39-20-23-13-15-27-28-16-14-24(21-40)18-34(28)38(33(27)17-23)31-10-4-5-12-35(31)42-36-29(9-6-11-32(36)38)30-19-26(22-41-37(30)42)25-7-2-1-3-8-25/h1-19,22H. The van der Waals surface area contributed by atoms with Crippen LogP contribution in [0.3, 0.4) is 0 Å². The van der Waals surface area contributed by atoms with E-state index in [9.17, 15) is 10.5 Å². The number of hydrogen-bond acceptors (Lipinski definition) is 3. The predicted octanol–water partition coefficient (Wildman–Crippen LogP) is 8.27. The summed E-state index contributed by atoms with van der Waals surface area (Å²) in [7, 11) is 0. The molecule has 42 heavy (non-hydrogen) atoms. The van der Waals surface area contributed by atoms with Crippen molar-refractivity contribution in [1.82, 2.24) is 9.55 Å². The number of nitrogens with zero attached hydrogens (tertiary/aromatic N) is 4. The van der Waals surface area contributed by atoms with Crippen LogP contribution >= 0.6 is 0 Å². The van der Waals surface area contributed by atoms with Crippen molar-refractivity contribution < 1.29 is 0 Å². The number of rotatable bonds is 1. The monoisotopic (exact) mass is 532 g/mol. The van der Waals surface area contributed by atoms with Gasteiger partial charge in [-0.1, -0.05) is 78.9 Å². The molecule has 1 aliphatic heterocycles. The Balaban J connectivity index is 1.49. The van der Waals surface area contributed by atoms with Crippen molar-refractivity contribution in [2.75, 3.05) is 0 Å². The van der Waals surface area contributed by atoms with Crippen molar-refractivity contribution in [3.63, 3.8) is 0 Å². The summed E-state index contributed by atoms with van der Waals surface area (Å²) in [5.74, 6) is 0. The maximum absolute atomic E-state index is 9.97. The van der Waals surface area contributed by atoms with Crippen molar-refractivity contribution in [3.8, 4) is 40.1 Å². The highest BCUT2D eigenvalue weighted by atomic mass is 15.1. The third kappa shape index (κ3) is 2.66. The third-order valence-corrected chi connectivity index (χ3v) is 9.08. The second-order valence-electron chi connectivity index (χ2n) is 11.0. The zero-order valence-electron chi connectivity index (χ0n) is 22.3. The van der Waals surface area contributed by atoms with Crippen molar-refractivity contribution in [3.05, 3.63) is 155 Å². The first-order valence-electron chi connectivity index (χ1n) is 13.9. The van der Waals surface area contributed by atoms with Crippen LogP contribution in [-0.4, -0.2) is 9.55 Å². The maximum Gasteiger partial charge on any atom is 0.145 e. The lowest BCUT2D eigenvalue weighted by Gasteiger charge is -2.39. The Kier molecular flexibility index (Phi) is 4.37.